The van der Waals surface area contributed by atoms with E-state index < -0.39 is 0 Å². The molecule has 1 amide bonds. The largest absolute Gasteiger partial charge is 0.324 e. The van der Waals surface area contributed by atoms with Crippen molar-refractivity contribution in [3.8, 4) is 6.07 Å². The second-order valence-corrected chi connectivity index (χ2v) is 5.94. The van der Waals surface area contributed by atoms with Crippen LogP contribution in [0.3, 0.4) is 0 Å². The van der Waals surface area contributed by atoms with E-state index in [1.54, 1.807) is 12.1 Å². The molecule has 0 unspecified atom stereocenters. The Kier molecular flexibility index (Phi) is 3.72. The normalized spacial score (nSPS) is 17.2. The molecule has 1 aromatic rings. The van der Waals surface area contributed by atoms with Crippen molar-refractivity contribution in [2.75, 3.05) is 5.32 Å². The molecule has 94 valence electrons. The average Bonchev–Trinajstić information content (AvgIpc) is 2.79. The lowest BCUT2D eigenvalue weighted by Crippen LogP contribution is -2.31. The molecule has 4 heteroatoms. The highest BCUT2D eigenvalue weighted by Crippen LogP contribution is 2.38. The van der Waals surface area contributed by atoms with Gasteiger partial charge in [-0.3, -0.25) is 4.79 Å². The molecule has 0 saturated heterocycles. The summed E-state index contributed by atoms with van der Waals surface area (Å²) in [5, 5.41) is 12.0. The standard InChI is InChI=1S/C14H15BrN2O/c1-14(6-2-3-7-14)13(18)17-12-5-4-11(15)8-10(12)9-16/h4-5,8H,2-3,6-7H2,1H3,(H,17,18). The van der Waals surface area contributed by atoms with Gasteiger partial charge in [-0.05, 0) is 31.0 Å². The topological polar surface area (TPSA) is 52.9 Å². The van der Waals surface area contributed by atoms with Gasteiger partial charge in [0.15, 0.2) is 0 Å². The number of carbonyl (C=O) groups is 1. The molecule has 18 heavy (non-hydrogen) atoms. The average molecular weight is 307 g/mol. The van der Waals surface area contributed by atoms with Crippen molar-refractivity contribution in [3.63, 3.8) is 0 Å². The van der Waals surface area contributed by atoms with Gasteiger partial charge in [-0.1, -0.05) is 35.7 Å². The summed E-state index contributed by atoms with van der Waals surface area (Å²) in [4.78, 5) is 12.3. The van der Waals surface area contributed by atoms with Gasteiger partial charge in [0.25, 0.3) is 0 Å². The molecule has 3 nitrogen and oxygen atoms in total. The SMILES string of the molecule is CC1(C(=O)Nc2ccc(Br)cc2C#N)CCCC1. The van der Waals surface area contributed by atoms with Crippen LogP contribution in [0.2, 0.25) is 0 Å². The number of nitrogens with one attached hydrogen (secondary N) is 1. The predicted molar refractivity (Wildman–Crippen MR) is 74.1 cm³/mol. The van der Waals surface area contributed by atoms with Crippen molar-refractivity contribution in [1.82, 2.24) is 0 Å². The number of hydrogen-bond donors (Lipinski definition) is 1. The minimum Gasteiger partial charge on any atom is -0.324 e. The van der Waals surface area contributed by atoms with Crippen LogP contribution >= 0.6 is 15.9 Å². The third kappa shape index (κ3) is 2.56. The molecule has 1 fully saturated rings. The first-order valence-electron chi connectivity index (χ1n) is 6.06. The Morgan fingerprint density at radius 1 is 1.44 bits per heavy atom. The van der Waals surface area contributed by atoms with Gasteiger partial charge in [0.1, 0.15) is 6.07 Å². The van der Waals surface area contributed by atoms with E-state index in [4.69, 9.17) is 5.26 Å². The van der Waals surface area contributed by atoms with Gasteiger partial charge in [0, 0.05) is 9.89 Å². The second kappa shape index (κ2) is 5.11. The molecule has 0 radical (unpaired) electrons. The minimum absolute atomic E-state index is 0.0267. The summed E-state index contributed by atoms with van der Waals surface area (Å²) < 4.78 is 0.837. The van der Waals surface area contributed by atoms with Crippen LogP contribution in [0.1, 0.15) is 38.2 Å². The van der Waals surface area contributed by atoms with Crippen LogP contribution in [-0.4, -0.2) is 5.91 Å². The van der Waals surface area contributed by atoms with E-state index in [1.165, 1.54) is 0 Å². The molecule has 0 spiro atoms. The van der Waals surface area contributed by atoms with Gasteiger partial charge in [-0.15, -0.1) is 0 Å². The number of nitriles is 1. The van der Waals surface area contributed by atoms with Crippen LogP contribution in [0.5, 0.6) is 0 Å². The summed E-state index contributed by atoms with van der Waals surface area (Å²) in [7, 11) is 0. The van der Waals surface area contributed by atoms with Crippen LogP contribution in [0.4, 0.5) is 5.69 Å². The Morgan fingerprint density at radius 2 is 2.11 bits per heavy atom. The maximum absolute atomic E-state index is 12.3. The zero-order chi connectivity index (χ0) is 13.2. The van der Waals surface area contributed by atoms with Crippen LogP contribution in [0.15, 0.2) is 22.7 Å². The zero-order valence-corrected chi connectivity index (χ0v) is 11.9. The number of anilines is 1. The van der Waals surface area contributed by atoms with Crippen molar-refractivity contribution in [3.05, 3.63) is 28.2 Å². The third-order valence-electron chi connectivity index (χ3n) is 3.61. The molecule has 1 saturated carbocycles. The fourth-order valence-electron chi connectivity index (χ4n) is 2.37. The lowest BCUT2D eigenvalue weighted by Gasteiger charge is -2.22. The Balaban J connectivity index is 2.19. The Labute approximate surface area is 115 Å². The Morgan fingerprint density at radius 3 is 2.72 bits per heavy atom. The molecule has 1 aliphatic rings. The monoisotopic (exact) mass is 306 g/mol. The van der Waals surface area contributed by atoms with Crippen molar-refractivity contribution >= 4 is 27.5 Å². The van der Waals surface area contributed by atoms with Crippen LogP contribution in [0, 0.1) is 16.7 Å². The summed E-state index contributed by atoms with van der Waals surface area (Å²) in [6.07, 6.45) is 4.07. The molecular weight excluding hydrogens is 292 g/mol. The molecule has 1 aromatic carbocycles. The van der Waals surface area contributed by atoms with Gasteiger partial charge >= 0.3 is 0 Å². The molecule has 0 bridgehead atoms. The fourth-order valence-corrected chi connectivity index (χ4v) is 2.73. The van der Waals surface area contributed by atoms with E-state index in [1.807, 2.05) is 13.0 Å². The van der Waals surface area contributed by atoms with Gasteiger partial charge in [0.05, 0.1) is 11.3 Å². The van der Waals surface area contributed by atoms with Crippen LogP contribution in [-0.2, 0) is 4.79 Å². The smallest absolute Gasteiger partial charge is 0.230 e. The van der Waals surface area contributed by atoms with Crippen molar-refractivity contribution < 1.29 is 4.79 Å². The highest BCUT2D eigenvalue weighted by molar-refractivity contribution is 9.10. The number of carbonyl (C=O) groups excluding carboxylic acids is 1. The van der Waals surface area contributed by atoms with Crippen molar-refractivity contribution in [2.24, 2.45) is 5.41 Å². The molecule has 1 N–H and O–H groups in total. The summed E-state index contributed by atoms with van der Waals surface area (Å²) in [6.45, 7) is 2.00. The van der Waals surface area contributed by atoms with Gasteiger partial charge in [-0.25, -0.2) is 0 Å². The molecule has 0 aromatic heterocycles. The van der Waals surface area contributed by atoms with E-state index >= 15 is 0 Å². The quantitative estimate of drug-likeness (QED) is 0.902. The molecular formula is C14H15BrN2O. The van der Waals surface area contributed by atoms with Crippen LogP contribution < -0.4 is 5.32 Å². The first-order valence-corrected chi connectivity index (χ1v) is 6.85. The van der Waals surface area contributed by atoms with Crippen LogP contribution in [0.25, 0.3) is 0 Å². The Bertz CT molecular complexity index is 513. The first-order chi connectivity index (χ1) is 8.55. The third-order valence-corrected chi connectivity index (χ3v) is 4.10. The summed E-state index contributed by atoms with van der Waals surface area (Å²) in [6, 6.07) is 7.40. The maximum Gasteiger partial charge on any atom is 0.230 e. The number of benzene rings is 1. The van der Waals surface area contributed by atoms with Gasteiger partial charge in [0.2, 0.25) is 5.91 Å². The highest BCUT2D eigenvalue weighted by atomic mass is 79.9. The van der Waals surface area contributed by atoms with Crippen molar-refractivity contribution in [1.29, 1.82) is 5.26 Å². The predicted octanol–water partition coefficient (Wildman–Crippen LogP) is 3.84. The number of nitrogens with zero attached hydrogens (tertiary/aromatic N) is 1. The van der Waals surface area contributed by atoms with Gasteiger partial charge in [-0.2, -0.15) is 5.26 Å². The lowest BCUT2D eigenvalue weighted by atomic mass is 9.87. The molecule has 1 aliphatic carbocycles. The highest BCUT2D eigenvalue weighted by Gasteiger charge is 2.36. The van der Waals surface area contributed by atoms with E-state index in [0.717, 1.165) is 30.2 Å². The van der Waals surface area contributed by atoms with E-state index in [2.05, 4.69) is 27.3 Å². The van der Waals surface area contributed by atoms with E-state index in [0.29, 0.717) is 11.3 Å². The fraction of sp³-hybridized carbons (Fsp3) is 0.429. The molecule has 2 rings (SSSR count). The number of amides is 1. The second-order valence-electron chi connectivity index (χ2n) is 5.02. The number of halogens is 1. The number of rotatable bonds is 2. The summed E-state index contributed by atoms with van der Waals surface area (Å²) in [5.74, 6) is 0.0267. The molecule has 0 aliphatic heterocycles. The van der Waals surface area contributed by atoms with Gasteiger partial charge < -0.3 is 5.32 Å². The summed E-state index contributed by atoms with van der Waals surface area (Å²) in [5.41, 5.74) is 0.804. The summed E-state index contributed by atoms with van der Waals surface area (Å²) >= 11 is 3.32. The molecule has 0 heterocycles. The van der Waals surface area contributed by atoms with E-state index in [9.17, 15) is 4.79 Å². The maximum atomic E-state index is 12.3. The lowest BCUT2D eigenvalue weighted by molar-refractivity contribution is -0.124. The number of hydrogen-bond acceptors (Lipinski definition) is 2. The molecule has 0 atom stereocenters. The Hall–Kier alpha value is -1.34. The minimum atomic E-state index is -0.278. The van der Waals surface area contributed by atoms with E-state index in [-0.39, 0.29) is 11.3 Å². The van der Waals surface area contributed by atoms with Crippen molar-refractivity contribution in [2.45, 2.75) is 32.6 Å². The first kappa shape index (κ1) is 13.1. The zero-order valence-electron chi connectivity index (χ0n) is 10.3.